The van der Waals surface area contributed by atoms with Crippen molar-refractivity contribution in [3.05, 3.63) is 52.1 Å². The minimum absolute atomic E-state index is 0.185. The van der Waals surface area contributed by atoms with Gasteiger partial charge in [-0.2, -0.15) is 0 Å². The zero-order valence-corrected chi connectivity index (χ0v) is 16.7. The van der Waals surface area contributed by atoms with Crippen molar-refractivity contribution in [1.82, 2.24) is 9.88 Å². The van der Waals surface area contributed by atoms with Gasteiger partial charge < -0.3 is 14.5 Å². The minimum Gasteiger partial charge on any atom is -0.492 e. The van der Waals surface area contributed by atoms with Crippen LogP contribution in [0.5, 0.6) is 5.75 Å². The molecule has 0 atom stereocenters. The molecule has 2 aromatic rings. The Kier molecular flexibility index (Phi) is 6.74. The second-order valence-electron chi connectivity index (χ2n) is 6.08. The number of hydrogen-bond donors (Lipinski definition) is 0. The molecule has 1 saturated heterocycles. The van der Waals surface area contributed by atoms with Crippen molar-refractivity contribution in [1.29, 1.82) is 0 Å². The predicted octanol–water partition coefficient (Wildman–Crippen LogP) is 4.01. The van der Waals surface area contributed by atoms with Crippen molar-refractivity contribution in [3.63, 3.8) is 0 Å². The van der Waals surface area contributed by atoms with Crippen LogP contribution in [-0.2, 0) is 4.79 Å². The standard InChI is InChI=1S/C19H21BrClN3O2/c20-16-4-1-2-5-17(16)26-13-3-6-19(25)24-11-9-23(10-12-24)18-8-7-15(21)14-22-18/h1-2,4-5,7-8,14H,3,6,9-13H2. The van der Waals surface area contributed by atoms with Crippen LogP contribution < -0.4 is 9.64 Å². The molecule has 0 saturated carbocycles. The molecular formula is C19H21BrClN3O2. The van der Waals surface area contributed by atoms with E-state index >= 15 is 0 Å². The molecule has 3 rings (SSSR count). The third kappa shape index (κ3) is 5.11. The molecule has 1 fully saturated rings. The summed E-state index contributed by atoms with van der Waals surface area (Å²) in [5.74, 6) is 1.90. The van der Waals surface area contributed by atoms with Gasteiger partial charge in [0.15, 0.2) is 0 Å². The monoisotopic (exact) mass is 437 g/mol. The number of piperazine rings is 1. The van der Waals surface area contributed by atoms with Gasteiger partial charge in [-0.05, 0) is 46.6 Å². The lowest BCUT2D eigenvalue weighted by molar-refractivity contribution is -0.131. The average Bonchev–Trinajstić information content (AvgIpc) is 2.67. The van der Waals surface area contributed by atoms with Crippen molar-refractivity contribution in [2.45, 2.75) is 12.8 Å². The van der Waals surface area contributed by atoms with Crippen molar-refractivity contribution in [3.8, 4) is 5.75 Å². The van der Waals surface area contributed by atoms with Gasteiger partial charge in [-0.15, -0.1) is 0 Å². The number of amides is 1. The number of pyridine rings is 1. The number of hydrogen-bond acceptors (Lipinski definition) is 4. The number of carbonyl (C=O) groups is 1. The van der Waals surface area contributed by atoms with E-state index in [9.17, 15) is 4.79 Å². The minimum atomic E-state index is 0.185. The second kappa shape index (κ2) is 9.24. The zero-order chi connectivity index (χ0) is 18.4. The first-order chi connectivity index (χ1) is 12.6. The first kappa shape index (κ1) is 19.0. The Morgan fingerprint density at radius 2 is 1.92 bits per heavy atom. The third-order valence-corrected chi connectivity index (χ3v) is 5.18. The Balaban J connectivity index is 1.38. The highest BCUT2D eigenvalue weighted by molar-refractivity contribution is 9.10. The number of benzene rings is 1. The topological polar surface area (TPSA) is 45.7 Å². The highest BCUT2D eigenvalue weighted by atomic mass is 79.9. The summed E-state index contributed by atoms with van der Waals surface area (Å²) in [6.07, 6.45) is 2.86. The van der Waals surface area contributed by atoms with Crippen LogP contribution in [0.15, 0.2) is 47.1 Å². The summed E-state index contributed by atoms with van der Waals surface area (Å²) in [5.41, 5.74) is 0. The molecule has 138 valence electrons. The van der Waals surface area contributed by atoms with Crippen LogP contribution in [0.25, 0.3) is 0 Å². The van der Waals surface area contributed by atoms with Gasteiger partial charge >= 0.3 is 0 Å². The van der Waals surface area contributed by atoms with E-state index in [-0.39, 0.29) is 5.91 Å². The van der Waals surface area contributed by atoms with E-state index in [1.54, 1.807) is 6.20 Å². The molecule has 5 nitrogen and oxygen atoms in total. The molecular weight excluding hydrogens is 418 g/mol. The van der Waals surface area contributed by atoms with Crippen LogP contribution in [0.2, 0.25) is 5.02 Å². The number of rotatable bonds is 6. The van der Waals surface area contributed by atoms with Gasteiger partial charge in [-0.3, -0.25) is 4.79 Å². The number of para-hydroxylation sites is 1. The molecule has 0 aliphatic carbocycles. The lowest BCUT2D eigenvalue weighted by Crippen LogP contribution is -2.49. The maximum absolute atomic E-state index is 12.4. The Morgan fingerprint density at radius 1 is 1.15 bits per heavy atom. The molecule has 0 spiro atoms. The summed E-state index contributed by atoms with van der Waals surface area (Å²) in [6, 6.07) is 11.5. The molecule has 7 heteroatoms. The Hall–Kier alpha value is -1.79. The maximum Gasteiger partial charge on any atom is 0.222 e. The number of ether oxygens (including phenoxy) is 1. The first-order valence-electron chi connectivity index (χ1n) is 8.65. The lowest BCUT2D eigenvalue weighted by atomic mass is 10.2. The van der Waals surface area contributed by atoms with E-state index in [0.717, 1.165) is 29.1 Å². The summed E-state index contributed by atoms with van der Waals surface area (Å²) in [4.78, 5) is 20.8. The van der Waals surface area contributed by atoms with Crippen LogP contribution in [0.3, 0.4) is 0 Å². The van der Waals surface area contributed by atoms with E-state index < -0.39 is 0 Å². The molecule has 26 heavy (non-hydrogen) atoms. The molecule has 1 aliphatic heterocycles. The number of halogens is 2. The smallest absolute Gasteiger partial charge is 0.222 e. The van der Waals surface area contributed by atoms with Gasteiger partial charge in [-0.25, -0.2) is 4.98 Å². The summed E-state index contributed by atoms with van der Waals surface area (Å²) in [5, 5.41) is 0.632. The van der Waals surface area contributed by atoms with Gasteiger partial charge in [0.1, 0.15) is 11.6 Å². The maximum atomic E-state index is 12.4. The molecule has 1 aliphatic rings. The summed E-state index contributed by atoms with van der Waals surface area (Å²) >= 11 is 9.33. The predicted molar refractivity (Wildman–Crippen MR) is 107 cm³/mol. The number of anilines is 1. The quantitative estimate of drug-likeness (QED) is 0.640. The fourth-order valence-corrected chi connectivity index (χ4v) is 3.38. The fourth-order valence-electron chi connectivity index (χ4n) is 2.87. The average molecular weight is 439 g/mol. The lowest BCUT2D eigenvalue weighted by Gasteiger charge is -2.35. The van der Waals surface area contributed by atoms with E-state index in [0.29, 0.717) is 37.6 Å². The Morgan fingerprint density at radius 3 is 2.62 bits per heavy atom. The number of carbonyl (C=O) groups excluding carboxylic acids is 1. The van der Waals surface area contributed by atoms with E-state index in [1.165, 1.54) is 0 Å². The molecule has 1 aromatic carbocycles. The summed E-state index contributed by atoms with van der Waals surface area (Å²) < 4.78 is 6.64. The fraction of sp³-hybridized carbons (Fsp3) is 0.368. The first-order valence-corrected chi connectivity index (χ1v) is 9.82. The van der Waals surface area contributed by atoms with Crippen LogP contribution in [0, 0.1) is 0 Å². The van der Waals surface area contributed by atoms with E-state index in [4.69, 9.17) is 16.3 Å². The largest absolute Gasteiger partial charge is 0.492 e. The molecule has 1 amide bonds. The highest BCUT2D eigenvalue weighted by Gasteiger charge is 2.21. The third-order valence-electron chi connectivity index (χ3n) is 4.30. The molecule has 0 radical (unpaired) electrons. The Labute approximate surface area is 167 Å². The normalized spacial score (nSPS) is 14.4. The van der Waals surface area contributed by atoms with Gasteiger partial charge in [0.2, 0.25) is 5.91 Å². The van der Waals surface area contributed by atoms with Crippen molar-refractivity contribution in [2.75, 3.05) is 37.7 Å². The van der Waals surface area contributed by atoms with E-state index in [2.05, 4.69) is 25.8 Å². The number of nitrogens with zero attached hydrogens (tertiary/aromatic N) is 3. The van der Waals surface area contributed by atoms with Gasteiger partial charge in [0.25, 0.3) is 0 Å². The molecule has 2 heterocycles. The van der Waals surface area contributed by atoms with Crippen molar-refractivity contribution >= 4 is 39.3 Å². The number of aromatic nitrogens is 1. The molecule has 0 N–H and O–H groups in total. The SMILES string of the molecule is O=C(CCCOc1ccccc1Br)N1CCN(c2ccc(Cl)cn2)CC1. The van der Waals surface area contributed by atoms with Gasteiger partial charge in [0.05, 0.1) is 16.1 Å². The van der Waals surface area contributed by atoms with Crippen LogP contribution in [-0.4, -0.2) is 48.6 Å². The van der Waals surface area contributed by atoms with E-state index in [1.807, 2.05) is 41.3 Å². The molecule has 1 aromatic heterocycles. The Bertz CT molecular complexity index is 734. The van der Waals surface area contributed by atoms with Crippen LogP contribution in [0.1, 0.15) is 12.8 Å². The van der Waals surface area contributed by atoms with Crippen molar-refractivity contribution in [2.24, 2.45) is 0 Å². The molecule has 0 bridgehead atoms. The van der Waals surface area contributed by atoms with Crippen molar-refractivity contribution < 1.29 is 9.53 Å². The van der Waals surface area contributed by atoms with Gasteiger partial charge in [-0.1, -0.05) is 23.7 Å². The van der Waals surface area contributed by atoms with Gasteiger partial charge in [0, 0.05) is 38.8 Å². The zero-order valence-electron chi connectivity index (χ0n) is 14.4. The van der Waals surface area contributed by atoms with Crippen LogP contribution in [0.4, 0.5) is 5.82 Å². The highest BCUT2D eigenvalue weighted by Crippen LogP contribution is 2.24. The summed E-state index contributed by atoms with van der Waals surface area (Å²) in [7, 11) is 0. The second-order valence-corrected chi connectivity index (χ2v) is 7.38. The van der Waals surface area contributed by atoms with Crippen LogP contribution >= 0.6 is 27.5 Å². The summed E-state index contributed by atoms with van der Waals surface area (Å²) in [6.45, 7) is 3.53. The molecule has 0 unspecified atom stereocenters.